The standard InChI is InChI=1S/C28H24N2O3S/c1-3-8-20-9-4-7-12-24(20)32-15-16-33-25-14-13-19(2)17-21(25)18-26-27(31)30-23-11-6-5-10-22(23)29-28(30)34-26/h3-7,9-14,17-18H,1,8,15-16H2,2H3/b26-18-. The van der Waals surface area contributed by atoms with Gasteiger partial charge in [-0.25, -0.2) is 9.38 Å². The Hall–Kier alpha value is -3.90. The first-order valence-electron chi connectivity index (χ1n) is 11.1. The molecular formula is C28H24N2O3S. The van der Waals surface area contributed by atoms with Crippen molar-refractivity contribution >= 4 is 33.4 Å². The van der Waals surface area contributed by atoms with E-state index in [0.29, 0.717) is 28.5 Å². The molecule has 0 unspecified atom stereocenters. The summed E-state index contributed by atoms with van der Waals surface area (Å²) in [5, 5.41) is 0. The first-order chi connectivity index (χ1) is 16.6. The van der Waals surface area contributed by atoms with E-state index in [1.165, 1.54) is 11.3 Å². The van der Waals surface area contributed by atoms with Gasteiger partial charge in [0.25, 0.3) is 5.56 Å². The molecule has 0 aliphatic rings. The molecule has 5 nitrogen and oxygen atoms in total. The first kappa shape index (κ1) is 21.9. The van der Waals surface area contributed by atoms with Crippen molar-refractivity contribution in [2.75, 3.05) is 13.2 Å². The number of imidazole rings is 1. The number of thiazole rings is 1. The monoisotopic (exact) mass is 468 g/mol. The molecule has 6 heteroatoms. The summed E-state index contributed by atoms with van der Waals surface area (Å²) in [6, 6.07) is 21.6. The maximum absolute atomic E-state index is 13.1. The zero-order valence-electron chi connectivity index (χ0n) is 18.9. The predicted molar refractivity (Wildman–Crippen MR) is 138 cm³/mol. The van der Waals surface area contributed by atoms with Crippen LogP contribution in [0.1, 0.15) is 16.7 Å². The fraction of sp³-hybridized carbons (Fsp3) is 0.143. The van der Waals surface area contributed by atoms with E-state index in [2.05, 4.69) is 11.6 Å². The number of allylic oxidation sites excluding steroid dienone is 1. The van der Waals surface area contributed by atoms with Gasteiger partial charge in [-0.3, -0.25) is 4.79 Å². The van der Waals surface area contributed by atoms with E-state index in [9.17, 15) is 4.79 Å². The van der Waals surface area contributed by atoms with E-state index in [4.69, 9.17) is 9.47 Å². The van der Waals surface area contributed by atoms with Gasteiger partial charge in [0.05, 0.1) is 15.6 Å². The number of hydrogen-bond donors (Lipinski definition) is 0. The lowest BCUT2D eigenvalue weighted by molar-refractivity contribution is 0.216. The molecule has 2 heterocycles. The average Bonchev–Trinajstić information content (AvgIpc) is 3.35. The maximum Gasteiger partial charge on any atom is 0.274 e. The largest absolute Gasteiger partial charge is 0.490 e. The lowest BCUT2D eigenvalue weighted by Crippen LogP contribution is -2.22. The molecular weight excluding hydrogens is 444 g/mol. The summed E-state index contributed by atoms with van der Waals surface area (Å²) in [6.07, 6.45) is 4.51. The molecule has 0 aliphatic heterocycles. The Labute approximate surface area is 201 Å². The summed E-state index contributed by atoms with van der Waals surface area (Å²) >= 11 is 1.39. The highest BCUT2D eigenvalue weighted by Gasteiger charge is 2.11. The molecule has 0 N–H and O–H groups in total. The highest BCUT2D eigenvalue weighted by molar-refractivity contribution is 7.15. The second kappa shape index (κ2) is 9.53. The number of aryl methyl sites for hydroxylation is 1. The minimum absolute atomic E-state index is 0.0664. The van der Waals surface area contributed by atoms with Gasteiger partial charge in [0.1, 0.15) is 24.7 Å². The van der Waals surface area contributed by atoms with Crippen molar-refractivity contribution in [3.05, 3.63) is 111 Å². The number of aromatic nitrogens is 2. The van der Waals surface area contributed by atoms with Gasteiger partial charge >= 0.3 is 0 Å². The molecule has 5 aromatic rings. The fourth-order valence-corrected chi connectivity index (χ4v) is 4.92. The Morgan fingerprint density at radius 3 is 2.62 bits per heavy atom. The topological polar surface area (TPSA) is 52.8 Å². The molecule has 5 rings (SSSR count). The number of hydrogen-bond acceptors (Lipinski definition) is 5. The van der Waals surface area contributed by atoms with Gasteiger partial charge in [-0.2, -0.15) is 0 Å². The molecule has 0 bridgehead atoms. The van der Waals surface area contributed by atoms with Crippen LogP contribution in [-0.2, 0) is 6.42 Å². The molecule has 0 amide bonds. The molecule has 2 aromatic heterocycles. The van der Waals surface area contributed by atoms with Crippen LogP contribution < -0.4 is 19.6 Å². The van der Waals surface area contributed by atoms with Crippen molar-refractivity contribution in [3.8, 4) is 11.5 Å². The highest BCUT2D eigenvalue weighted by atomic mass is 32.1. The van der Waals surface area contributed by atoms with E-state index in [1.807, 2.05) is 85.8 Å². The molecule has 3 aromatic carbocycles. The van der Waals surface area contributed by atoms with Crippen molar-refractivity contribution in [2.45, 2.75) is 13.3 Å². The SMILES string of the molecule is C=CCc1ccccc1OCCOc1ccc(C)cc1/C=c1\sc2nc3ccccc3n2c1=O. The third-order valence-corrected chi connectivity index (χ3v) is 6.50. The van der Waals surface area contributed by atoms with Gasteiger partial charge in [0, 0.05) is 5.56 Å². The van der Waals surface area contributed by atoms with Gasteiger partial charge in [-0.1, -0.05) is 59.4 Å². The van der Waals surface area contributed by atoms with Crippen LogP contribution in [0.2, 0.25) is 0 Å². The highest BCUT2D eigenvalue weighted by Crippen LogP contribution is 2.23. The van der Waals surface area contributed by atoms with Crippen LogP contribution in [0.3, 0.4) is 0 Å². The summed E-state index contributed by atoms with van der Waals surface area (Å²) in [4.78, 5) is 18.4. The molecule has 0 saturated carbocycles. The smallest absolute Gasteiger partial charge is 0.274 e. The van der Waals surface area contributed by atoms with E-state index in [0.717, 1.165) is 39.9 Å². The minimum Gasteiger partial charge on any atom is -0.490 e. The van der Waals surface area contributed by atoms with Gasteiger partial charge in [0.2, 0.25) is 0 Å². The van der Waals surface area contributed by atoms with Gasteiger partial charge in [-0.15, -0.1) is 6.58 Å². The van der Waals surface area contributed by atoms with Crippen LogP contribution in [0.4, 0.5) is 0 Å². The maximum atomic E-state index is 13.1. The molecule has 0 radical (unpaired) electrons. The van der Waals surface area contributed by atoms with Crippen molar-refractivity contribution in [3.63, 3.8) is 0 Å². The van der Waals surface area contributed by atoms with E-state index >= 15 is 0 Å². The summed E-state index contributed by atoms with van der Waals surface area (Å²) in [7, 11) is 0. The van der Waals surface area contributed by atoms with Crippen LogP contribution in [0.5, 0.6) is 11.5 Å². The predicted octanol–water partition coefficient (Wildman–Crippen LogP) is 4.95. The molecule has 0 spiro atoms. The minimum atomic E-state index is -0.0664. The molecule has 0 aliphatic carbocycles. The van der Waals surface area contributed by atoms with Crippen LogP contribution in [0, 0.1) is 6.92 Å². The van der Waals surface area contributed by atoms with Crippen LogP contribution in [0.15, 0.2) is 84.2 Å². The number of benzene rings is 3. The van der Waals surface area contributed by atoms with E-state index in [1.54, 1.807) is 4.40 Å². The first-order valence-corrected chi connectivity index (χ1v) is 11.9. The second-order valence-corrected chi connectivity index (χ2v) is 8.98. The van der Waals surface area contributed by atoms with Gasteiger partial charge in [0.15, 0.2) is 4.96 Å². The van der Waals surface area contributed by atoms with Gasteiger partial charge in [-0.05, 0) is 55.3 Å². The number of rotatable bonds is 8. The third kappa shape index (κ3) is 4.32. The number of fused-ring (bicyclic) bond motifs is 3. The van der Waals surface area contributed by atoms with Crippen LogP contribution >= 0.6 is 11.3 Å². The quantitative estimate of drug-likeness (QED) is 0.239. The van der Waals surface area contributed by atoms with Crippen LogP contribution in [-0.4, -0.2) is 22.6 Å². The lowest BCUT2D eigenvalue weighted by Gasteiger charge is -2.13. The molecule has 0 fully saturated rings. The van der Waals surface area contributed by atoms with Gasteiger partial charge < -0.3 is 9.47 Å². The number of nitrogens with zero attached hydrogens (tertiary/aromatic N) is 2. The summed E-state index contributed by atoms with van der Waals surface area (Å²) in [5.41, 5.74) is 4.63. The summed E-state index contributed by atoms with van der Waals surface area (Å²) in [5.74, 6) is 1.55. The molecule has 170 valence electrons. The zero-order chi connectivity index (χ0) is 23.5. The number of para-hydroxylation sites is 3. The van der Waals surface area contributed by atoms with Crippen LogP contribution in [0.25, 0.3) is 22.1 Å². The average molecular weight is 469 g/mol. The van der Waals surface area contributed by atoms with Crippen molar-refractivity contribution in [1.29, 1.82) is 0 Å². The summed E-state index contributed by atoms with van der Waals surface area (Å²) < 4.78 is 14.3. The van der Waals surface area contributed by atoms with Crippen molar-refractivity contribution in [1.82, 2.24) is 9.38 Å². The third-order valence-electron chi connectivity index (χ3n) is 5.53. The van der Waals surface area contributed by atoms with E-state index in [-0.39, 0.29) is 5.56 Å². The Morgan fingerprint density at radius 1 is 1.00 bits per heavy atom. The Kier molecular flexibility index (Phi) is 6.14. The van der Waals surface area contributed by atoms with Crippen molar-refractivity contribution < 1.29 is 9.47 Å². The molecule has 0 atom stereocenters. The zero-order valence-corrected chi connectivity index (χ0v) is 19.7. The lowest BCUT2D eigenvalue weighted by atomic mass is 10.1. The second-order valence-electron chi connectivity index (χ2n) is 7.97. The normalized spacial score (nSPS) is 11.9. The molecule has 0 saturated heterocycles. The molecule has 34 heavy (non-hydrogen) atoms. The fourth-order valence-electron chi connectivity index (χ4n) is 3.94. The van der Waals surface area contributed by atoms with Crippen molar-refractivity contribution in [2.24, 2.45) is 0 Å². The van der Waals surface area contributed by atoms with E-state index < -0.39 is 0 Å². The summed E-state index contributed by atoms with van der Waals surface area (Å²) in [6.45, 7) is 6.62. The Balaban J connectivity index is 1.39. The Bertz CT molecular complexity index is 1600. The number of ether oxygens (including phenoxy) is 2. The Morgan fingerprint density at radius 2 is 1.76 bits per heavy atom.